The lowest BCUT2D eigenvalue weighted by atomic mass is 10.2. The number of hydrogen-bond donors (Lipinski definition) is 1. The molecule has 0 saturated heterocycles. The third kappa shape index (κ3) is 2.74. The van der Waals surface area contributed by atoms with Gasteiger partial charge < -0.3 is 9.73 Å². The predicted octanol–water partition coefficient (Wildman–Crippen LogP) is 2.83. The van der Waals surface area contributed by atoms with Gasteiger partial charge in [0.05, 0.1) is 6.26 Å². The summed E-state index contributed by atoms with van der Waals surface area (Å²) in [6, 6.07) is 4.74. The molecule has 14 heavy (non-hydrogen) atoms. The van der Waals surface area contributed by atoms with Crippen LogP contribution in [0.4, 0.5) is 0 Å². The first-order valence-electron chi connectivity index (χ1n) is 5.30. The van der Waals surface area contributed by atoms with Crippen molar-refractivity contribution in [3.8, 4) is 0 Å². The lowest BCUT2D eigenvalue weighted by Gasteiger charge is -1.99. The van der Waals surface area contributed by atoms with Crippen LogP contribution in [0.3, 0.4) is 0 Å². The topological polar surface area (TPSA) is 25.2 Å². The zero-order chi connectivity index (χ0) is 9.80. The van der Waals surface area contributed by atoms with Crippen molar-refractivity contribution in [3.63, 3.8) is 0 Å². The summed E-state index contributed by atoms with van der Waals surface area (Å²) in [6.07, 6.45) is 7.76. The fourth-order valence-corrected chi connectivity index (χ4v) is 1.47. The van der Waals surface area contributed by atoms with Gasteiger partial charge in [-0.2, -0.15) is 0 Å². The highest BCUT2D eigenvalue weighted by Gasteiger charge is 2.19. The molecule has 2 nitrogen and oxygen atoms in total. The van der Waals surface area contributed by atoms with Crippen molar-refractivity contribution in [2.45, 2.75) is 32.2 Å². The monoisotopic (exact) mass is 191 g/mol. The van der Waals surface area contributed by atoms with E-state index >= 15 is 0 Å². The fourth-order valence-electron chi connectivity index (χ4n) is 1.47. The highest BCUT2D eigenvalue weighted by Crippen LogP contribution is 2.18. The van der Waals surface area contributed by atoms with E-state index in [4.69, 9.17) is 4.42 Å². The van der Waals surface area contributed by atoms with Crippen LogP contribution in [0.2, 0.25) is 0 Å². The van der Waals surface area contributed by atoms with Crippen molar-refractivity contribution in [1.29, 1.82) is 0 Å². The molecule has 0 aliphatic heterocycles. The van der Waals surface area contributed by atoms with E-state index in [-0.39, 0.29) is 0 Å². The Labute approximate surface area is 85.0 Å². The van der Waals surface area contributed by atoms with Crippen LogP contribution in [-0.2, 0) is 0 Å². The third-order valence-corrected chi connectivity index (χ3v) is 2.52. The van der Waals surface area contributed by atoms with Crippen LogP contribution in [-0.4, -0.2) is 12.6 Å². The average Bonchev–Trinajstić information content (AvgIpc) is 2.84. The SMILES string of the molecule is CC(=CCCNC1CC1)c1ccco1. The van der Waals surface area contributed by atoms with Crippen molar-refractivity contribution in [2.24, 2.45) is 0 Å². The van der Waals surface area contributed by atoms with Gasteiger partial charge in [-0.3, -0.25) is 0 Å². The summed E-state index contributed by atoms with van der Waals surface area (Å²) in [4.78, 5) is 0. The summed E-state index contributed by atoms with van der Waals surface area (Å²) in [5.74, 6) is 0.983. The minimum atomic E-state index is 0.812. The summed E-state index contributed by atoms with van der Waals surface area (Å²) >= 11 is 0. The molecule has 0 aromatic carbocycles. The van der Waals surface area contributed by atoms with Crippen LogP contribution in [0, 0.1) is 0 Å². The molecular weight excluding hydrogens is 174 g/mol. The van der Waals surface area contributed by atoms with Crippen molar-refractivity contribution >= 4 is 5.57 Å². The Hall–Kier alpha value is -1.02. The molecule has 1 heterocycles. The molecule has 1 aliphatic rings. The lowest BCUT2D eigenvalue weighted by Crippen LogP contribution is -2.16. The molecule has 0 unspecified atom stereocenters. The average molecular weight is 191 g/mol. The second-order valence-electron chi connectivity index (χ2n) is 3.88. The molecule has 76 valence electrons. The van der Waals surface area contributed by atoms with Gasteiger partial charge in [-0.15, -0.1) is 0 Å². The molecule has 0 radical (unpaired) electrons. The second kappa shape index (κ2) is 4.47. The second-order valence-corrected chi connectivity index (χ2v) is 3.88. The van der Waals surface area contributed by atoms with Gasteiger partial charge in [0.15, 0.2) is 0 Å². The molecule has 2 heteroatoms. The van der Waals surface area contributed by atoms with Gasteiger partial charge in [0, 0.05) is 6.04 Å². The normalized spacial score (nSPS) is 17.4. The van der Waals surface area contributed by atoms with Crippen LogP contribution in [0.1, 0.15) is 31.9 Å². The summed E-state index contributed by atoms with van der Waals surface area (Å²) in [5, 5.41) is 3.48. The minimum absolute atomic E-state index is 0.812. The quantitative estimate of drug-likeness (QED) is 0.724. The first kappa shape index (κ1) is 9.53. The van der Waals surface area contributed by atoms with Crippen LogP contribution >= 0.6 is 0 Å². The maximum absolute atomic E-state index is 5.30. The molecule has 0 atom stereocenters. The molecule has 1 N–H and O–H groups in total. The molecular formula is C12H17NO. The molecule has 1 fully saturated rings. The Morgan fingerprint density at radius 3 is 3.14 bits per heavy atom. The van der Waals surface area contributed by atoms with Crippen LogP contribution in [0.15, 0.2) is 28.9 Å². The Bertz CT molecular complexity index is 296. The van der Waals surface area contributed by atoms with E-state index in [1.165, 1.54) is 18.4 Å². The molecule has 0 spiro atoms. The van der Waals surface area contributed by atoms with Gasteiger partial charge in [-0.05, 0) is 50.4 Å². The van der Waals surface area contributed by atoms with Crippen molar-refractivity contribution < 1.29 is 4.42 Å². The maximum atomic E-state index is 5.30. The van der Waals surface area contributed by atoms with Crippen molar-refractivity contribution in [1.82, 2.24) is 5.32 Å². The summed E-state index contributed by atoms with van der Waals surface area (Å²) < 4.78 is 5.30. The maximum Gasteiger partial charge on any atom is 0.129 e. The van der Waals surface area contributed by atoms with Gasteiger partial charge in [-0.1, -0.05) is 6.08 Å². The van der Waals surface area contributed by atoms with Crippen molar-refractivity contribution in [2.75, 3.05) is 6.54 Å². The molecule has 1 aromatic heterocycles. The van der Waals surface area contributed by atoms with E-state index in [1.54, 1.807) is 6.26 Å². The number of hydrogen-bond acceptors (Lipinski definition) is 2. The fraction of sp³-hybridized carbons (Fsp3) is 0.500. The number of rotatable bonds is 5. The predicted molar refractivity (Wildman–Crippen MR) is 58.0 cm³/mol. The first-order chi connectivity index (χ1) is 6.86. The van der Waals surface area contributed by atoms with Crippen LogP contribution < -0.4 is 5.32 Å². The van der Waals surface area contributed by atoms with Gasteiger partial charge >= 0.3 is 0 Å². The zero-order valence-electron chi connectivity index (χ0n) is 8.62. The molecule has 1 aromatic rings. The van der Waals surface area contributed by atoms with E-state index in [0.29, 0.717) is 0 Å². The zero-order valence-corrected chi connectivity index (χ0v) is 8.62. The molecule has 2 rings (SSSR count). The Kier molecular flexibility index (Phi) is 3.04. The number of furan rings is 1. The van der Waals surface area contributed by atoms with E-state index < -0.39 is 0 Å². The van der Waals surface area contributed by atoms with E-state index in [2.05, 4.69) is 18.3 Å². The van der Waals surface area contributed by atoms with Gasteiger partial charge in [0.1, 0.15) is 5.76 Å². The van der Waals surface area contributed by atoms with E-state index in [0.717, 1.165) is 24.8 Å². The van der Waals surface area contributed by atoms with Gasteiger partial charge in [0.25, 0.3) is 0 Å². The summed E-state index contributed by atoms with van der Waals surface area (Å²) in [7, 11) is 0. The largest absolute Gasteiger partial charge is 0.465 e. The number of nitrogens with one attached hydrogen (secondary N) is 1. The van der Waals surface area contributed by atoms with Crippen LogP contribution in [0.25, 0.3) is 5.57 Å². The van der Waals surface area contributed by atoms with E-state index in [1.807, 2.05) is 12.1 Å². The third-order valence-electron chi connectivity index (χ3n) is 2.52. The smallest absolute Gasteiger partial charge is 0.129 e. The van der Waals surface area contributed by atoms with Gasteiger partial charge in [0.2, 0.25) is 0 Å². The minimum Gasteiger partial charge on any atom is -0.465 e. The number of allylic oxidation sites excluding steroid dienone is 1. The molecule has 1 aliphatic carbocycles. The molecule has 1 saturated carbocycles. The highest BCUT2D eigenvalue weighted by molar-refractivity contribution is 5.58. The summed E-state index contributed by atoms with van der Waals surface area (Å²) in [6.45, 7) is 3.18. The lowest BCUT2D eigenvalue weighted by molar-refractivity contribution is 0.552. The molecule has 0 amide bonds. The van der Waals surface area contributed by atoms with Crippen LogP contribution in [0.5, 0.6) is 0 Å². The van der Waals surface area contributed by atoms with Gasteiger partial charge in [-0.25, -0.2) is 0 Å². The Morgan fingerprint density at radius 1 is 1.64 bits per heavy atom. The standard InChI is InChI=1S/C12H17NO/c1-10(12-5-3-9-14-12)4-2-8-13-11-6-7-11/h3-5,9,11,13H,2,6-8H2,1H3. The molecule has 0 bridgehead atoms. The highest BCUT2D eigenvalue weighted by atomic mass is 16.3. The summed E-state index contributed by atoms with van der Waals surface area (Å²) in [5.41, 5.74) is 1.23. The van der Waals surface area contributed by atoms with E-state index in [9.17, 15) is 0 Å². The Balaban J connectivity index is 1.73. The Morgan fingerprint density at radius 2 is 2.50 bits per heavy atom. The first-order valence-corrected chi connectivity index (χ1v) is 5.30. The van der Waals surface area contributed by atoms with Crippen molar-refractivity contribution in [3.05, 3.63) is 30.2 Å².